The summed E-state index contributed by atoms with van der Waals surface area (Å²) in [6.07, 6.45) is 0. The van der Waals surface area contributed by atoms with Gasteiger partial charge in [0.25, 0.3) is 0 Å². The Bertz CT molecular complexity index is 618. The van der Waals surface area contributed by atoms with Crippen LogP contribution in [0.15, 0.2) is 34.8 Å². The fraction of sp³-hybridized carbons (Fsp3) is 0. The summed E-state index contributed by atoms with van der Waals surface area (Å²) in [6, 6.07) is 10.2. The molecule has 0 saturated carbocycles. The highest BCUT2D eigenvalue weighted by Gasteiger charge is 2.06. The Morgan fingerprint density at radius 1 is 1.07 bits per heavy atom. The van der Waals surface area contributed by atoms with Gasteiger partial charge in [-0.15, -0.1) is 0 Å². The van der Waals surface area contributed by atoms with Crippen LogP contribution in [0.3, 0.4) is 0 Å². The number of hydrogen-bond donors (Lipinski definition) is 0. The molecule has 3 rings (SSSR count). The lowest BCUT2D eigenvalue weighted by Crippen LogP contribution is -1.77. The highest BCUT2D eigenvalue weighted by Crippen LogP contribution is 2.30. The summed E-state index contributed by atoms with van der Waals surface area (Å²) >= 11 is 4.80. The smallest absolute Gasteiger partial charge is 0.112 e. The van der Waals surface area contributed by atoms with Crippen LogP contribution in [0.25, 0.3) is 21.8 Å². The molecule has 4 heteroatoms. The molecule has 0 amide bonds. The standard InChI is InChI=1S/C10H5BrN2S/c11-8-5-9-10(13-14-12-9)7-4-2-1-3-6(7)8/h1-5H. The Labute approximate surface area is 93.0 Å². The zero-order valence-electron chi connectivity index (χ0n) is 7.07. The van der Waals surface area contributed by atoms with E-state index in [0.717, 1.165) is 20.9 Å². The minimum atomic E-state index is 0.959. The van der Waals surface area contributed by atoms with Crippen LogP contribution < -0.4 is 0 Å². The van der Waals surface area contributed by atoms with Crippen molar-refractivity contribution in [1.82, 2.24) is 8.75 Å². The molecule has 0 spiro atoms. The van der Waals surface area contributed by atoms with Crippen molar-refractivity contribution in [2.75, 3.05) is 0 Å². The van der Waals surface area contributed by atoms with E-state index in [1.807, 2.05) is 18.2 Å². The molecule has 68 valence electrons. The summed E-state index contributed by atoms with van der Waals surface area (Å²) in [6.45, 7) is 0. The maximum absolute atomic E-state index is 4.30. The number of aromatic nitrogens is 2. The van der Waals surface area contributed by atoms with E-state index >= 15 is 0 Å². The summed E-state index contributed by atoms with van der Waals surface area (Å²) in [5, 5.41) is 2.35. The van der Waals surface area contributed by atoms with E-state index in [-0.39, 0.29) is 0 Å². The molecule has 0 aliphatic heterocycles. The number of benzene rings is 2. The molecule has 0 atom stereocenters. The van der Waals surface area contributed by atoms with Crippen LogP contribution in [0.2, 0.25) is 0 Å². The summed E-state index contributed by atoms with van der Waals surface area (Å²) in [5.41, 5.74) is 1.95. The van der Waals surface area contributed by atoms with Gasteiger partial charge in [-0.25, -0.2) is 0 Å². The van der Waals surface area contributed by atoms with Gasteiger partial charge in [0, 0.05) is 9.86 Å². The number of rotatable bonds is 0. The van der Waals surface area contributed by atoms with Gasteiger partial charge in [-0.05, 0) is 11.5 Å². The van der Waals surface area contributed by atoms with Crippen molar-refractivity contribution in [1.29, 1.82) is 0 Å². The fourth-order valence-corrected chi connectivity index (χ4v) is 2.68. The predicted molar refractivity (Wildman–Crippen MR) is 62.6 cm³/mol. The highest BCUT2D eigenvalue weighted by molar-refractivity contribution is 9.10. The molecule has 1 heterocycles. The molecule has 0 fully saturated rings. The molecule has 14 heavy (non-hydrogen) atoms. The van der Waals surface area contributed by atoms with Crippen LogP contribution in [0.4, 0.5) is 0 Å². The first-order valence-electron chi connectivity index (χ1n) is 4.16. The largest absolute Gasteiger partial charge is 0.173 e. The SMILES string of the molecule is Brc1cc2nsnc2c2ccccc12. The Hall–Kier alpha value is -1.00. The van der Waals surface area contributed by atoms with Gasteiger partial charge in [-0.1, -0.05) is 40.2 Å². The second-order valence-corrected chi connectivity index (χ2v) is 4.42. The van der Waals surface area contributed by atoms with Gasteiger partial charge in [0.15, 0.2) is 0 Å². The Kier molecular flexibility index (Phi) is 1.78. The molecule has 0 bridgehead atoms. The second-order valence-electron chi connectivity index (χ2n) is 3.04. The topological polar surface area (TPSA) is 25.8 Å². The molecule has 0 radical (unpaired) electrons. The second kappa shape index (κ2) is 3.00. The van der Waals surface area contributed by atoms with Crippen LogP contribution >= 0.6 is 27.7 Å². The highest BCUT2D eigenvalue weighted by atomic mass is 79.9. The van der Waals surface area contributed by atoms with Gasteiger partial charge in [0.2, 0.25) is 0 Å². The van der Waals surface area contributed by atoms with E-state index in [4.69, 9.17) is 0 Å². The van der Waals surface area contributed by atoms with E-state index < -0.39 is 0 Å². The van der Waals surface area contributed by atoms with Gasteiger partial charge >= 0.3 is 0 Å². The Morgan fingerprint density at radius 3 is 2.71 bits per heavy atom. The lowest BCUT2D eigenvalue weighted by Gasteiger charge is -1.99. The minimum Gasteiger partial charge on any atom is -0.173 e. The van der Waals surface area contributed by atoms with Crippen molar-refractivity contribution in [2.24, 2.45) is 0 Å². The average Bonchev–Trinajstić information content (AvgIpc) is 2.66. The summed E-state index contributed by atoms with van der Waals surface area (Å²) in [5.74, 6) is 0. The fourth-order valence-electron chi connectivity index (χ4n) is 1.57. The van der Waals surface area contributed by atoms with Gasteiger partial charge in [0.1, 0.15) is 11.0 Å². The minimum absolute atomic E-state index is 0.959. The zero-order valence-corrected chi connectivity index (χ0v) is 9.47. The third-order valence-electron chi connectivity index (χ3n) is 2.22. The summed E-state index contributed by atoms with van der Waals surface area (Å²) in [4.78, 5) is 0. The van der Waals surface area contributed by atoms with Crippen molar-refractivity contribution in [3.05, 3.63) is 34.8 Å². The van der Waals surface area contributed by atoms with E-state index in [9.17, 15) is 0 Å². The zero-order chi connectivity index (χ0) is 9.54. The first-order chi connectivity index (χ1) is 6.86. The van der Waals surface area contributed by atoms with Gasteiger partial charge < -0.3 is 0 Å². The van der Waals surface area contributed by atoms with E-state index in [0.29, 0.717) is 0 Å². The number of hydrogen-bond acceptors (Lipinski definition) is 3. The first-order valence-corrected chi connectivity index (χ1v) is 5.68. The molecule has 2 aromatic carbocycles. The van der Waals surface area contributed by atoms with Gasteiger partial charge in [0.05, 0.1) is 11.7 Å². The molecular weight excluding hydrogens is 260 g/mol. The molecule has 1 aromatic heterocycles. The Balaban J connectivity index is 2.67. The lowest BCUT2D eigenvalue weighted by molar-refractivity contribution is 1.65. The summed E-state index contributed by atoms with van der Waals surface area (Å²) < 4.78 is 9.61. The van der Waals surface area contributed by atoms with Crippen LogP contribution in [0, 0.1) is 0 Å². The van der Waals surface area contributed by atoms with E-state index in [1.54, 1.807) is 0 Å². The quantitative estimate of drug-likeness (QED) is 0.620. The van der Waals surface area contributed by atoms with E-state index in [2.05, 4.69) is 36.8 Å². The van der Waals surface area contributed by atoms with Gasteiger partial charge in [-0.2, -0.15) is 8.75 Å². The maximum Gasteiger partial charge on any atom is 0.112 e. The van der Waals surface area contributed by atoms with Crippen LogP contribution in [-0.4, -0.2) is 8.75 Å². The molecule has 0 saturated heterocycles. The predicted octanol–water partition coefficient (Wildman–Crippen LogP) is 3.61. The molecular formula is C10H5BrN2S. The monoisotopic (exact) mass is 264 g/mol. The van der Waals surface area contributed by atoms with Crippen LogP contribution in [0.5, 0.6) is 0 Å². The molecule has 2 nitrogen and oxygen atoms in total. The molecule has 3 aromatic rings. The van der Waals surface area contributed by atoms with E-state index in [1.165, 1.54) is 17.1 Å². The molecule has 0 aliphatic rings. The van der Waals surface area contributed by atoms with Crippen LogP contribution in [-0.2, 0) is 0 Å². The third-order valence-corrected chi connectivity index (χ3v) is 3.42. The summed E-state index contributed by atoms with van der Waals surface area (Å²) in [7, 11) is 0. The van der Waals surface area contributed by atoms with Gasteiger partial charge in [-0.3, -0.25) is 0 Å². The van der Waals surface area contributed by atoms with Crippen molar-refractivity contribution in [3.63, 3.8) is 0 Å². The molecule has 0 N–H and O–H groups in total. The normalized spacial score (nSPS) is 11.2. The number of fused-ring (bicyclic) bond motifs is 3. The first kappa shape index (κ1) is 8.32. The maximum atomic E-state index is 4.30. The van der Waals surface area contributed by atoms with Crippen molar-refractivity contribution in [3.8, 4) is 0 Å². The number of nitrogens with zero attached hydrogens (tertiary/aromatic N) is 2. The van der Waals surface area contributed by atoms with Crippen molar-refractivity contribution in [2.45, 2.75) is 0 Å². The van der Waals surface area contributed by atoms with Crippen LogP contribution in [0.1, 0.15) is 0 Å². The number of halogens is 1. The van der Waals surface area contributed by atoms with Crippen molar-refractivity contribution < 1.29 is 0 Å². The third kappa shape index (κ3) is 1.07. The molecule has 0 unspecified atom stereocenters. The molecule has 0 aliphatic carbocycles. The average molecular weight is 265 g/mol. The van der Waals surface area contributed by atoms with Crippen molar-refractivity contribution >= 4 is 49.5 Å². The Morgan fingerprint density at radius 2 is 1.86 bits per heavy atom. The lowest BCUT2D eigenvalue weighted by atomic mass is 10.1.